The summed E-state index contributed by atoms with van der Waals surface area (Å²) in [4.78, 5) is 0. The third-order valence-electron chi connectivity index (χ3n) is 25.4. The van der Waals surface area contributed by atoms with Crippen molar-refractivity contribution in [1.29, 1.82) is 0 Å². The second-order valence-electron chi connectivity index (χ2n) is 33.2. The molecule has 0 aliphatic rings. The zero-order valence-corrected chi connectivity index (χ0v) is 70.8. The number of hydrogen-bond donors (Lipinski definition) is 0. The lowest BCUT2D eigenvalue weighted by Gasteiger charge is -2.07. The van der Waals surface area contributed by atoms with E-state index in [1.165, 1.54) is 198 Å². The van der Waals surface area contributed by atoms with E-state index in [1.807, 2.05) is 40.0 Å². The van der Waals surface area contributed by atoms with Crippen molar-refractivity contribution in [2.75, 3.05) is 0 Å². The third kappa shape index (κ3) is 13.4. The Morgan fingerprint density at radius 3 is 1.02 bits per heavy atom. The first kappa shape index (κ1) is 71.3. The van der Waals surface area contributed by atoms with Crippen molar-refractivity contribution in [2.45, 2.75) is 54.3 Å². The van der Waals surface area contributed by atoms with E-state index in [9.17, 15) is 0 Å². The molecule has 22 rings (SSSR count). The molecular formula is C112H100N8+4. The molecule has 8 heteroatoms. The van der Waals surface area contributed by atoms with Crippen LogP contribution in [0, 0.1) is 34.5 Å². The number of nitrogens with zero attached hydrogens (tertiary/aromatic N) is 8. The molecule has 0 aliphatic heterocycles. The minimum Gasteiger partial charge on any atom is -0.339 e. The standard InChI is InChI=1S/C31H27N2.C30H25N2.C27H27N2.C24H21N2/c1-20-10-13-26(21(2)14-20)29-18-28-27-16-24-12-11-23(22-8-6-5-7-9-22)15-25(24)17-30(27)33(4)31(28)19-32(29)3;1-20-9-7-8-12-25(20)28-18-27-26-16-23-14-13-22(21-10-5-4-6-11-21)15-24(23)17-29(26)32(3)30(27)19-31(28)2;1-17(2)19-10-11-20-13-23-24-15-25(22-9-7-6-8-18(22)3)28(4)16-27(24)29(5)26(23)14-21(20)12-19;1-16-8-4-6-10-18(16)22-14-21-20-13-12-17-9-5-7-11-19(17)24(20)26(3)23(21)15-25(22)2/h5-19H,1-4H3;4-19H,1-3H3;6-17H,1-5H3;4-15H,1-3H3/q4*+1/i1D3;;17D;. The van der Waals surface area contributed by atoms with Gasteiger partial charge in [-0.25, -0.2) is 0 Å². The summed E-state index contributed by atoms with van der Waals surface area (Å²) in [5.74, 6) is -0.599. The minimum atomic E-state index is -2.10. The molecule has 14 aromatic carbocycles. The molecule has 0 aliphatic carbocycles. The predicted octanol–water partition coefficient (Wildman–Crippen LogP) is 25.9. The summed E-state index contributed by atoms with van der Waals surface area (Å²) < 4.78 is 49.6. The first-order valence-electron chi connectivity index (χ1n) is 43.5. The molecule has 0 fully saturated rings. The lowest BCUT2D eigenvalue weighted by Crippen LogP contribution is -2.30. The molecule has 8 aromatic heterocycles. The molecule has 0 spiro atoms. The van der Waals surface area contributed by atoms with Crippen LogP contribution in [0.25, 0.3) is 198 Å². The van der Waals surface area contributed by atoms with E-state index in [0.29, 0.717) is 5.56 Å². The Morgan fingerprint density at radius 2 is 0.608 bits per heavy atom. The molecule has 0 N–H and O–H groups in total. The number of aryl methyl sites for hydroxylation is 13. The van der Waals surface area contributed by atoms with Crippen LogP contribution in [0.2, 0.25) is 0 Å². The SMILES string of the molecule is Cc1ccccc1-c1cc2c3cc4ccc(-c5ccccc5)cc4cc3n(C)c2c[n+]1C.Cc1ccccc1-c1cc2c3ccc4ccccc4c3n(C)c2c[n+]1C.[2H]C(C)(C)c1ccc2cc3c4cc(-c5ccccc5C)[n+](C)cc4n(C)c3cc2c1.[2H]C([2H])([2H])c1ccc(-c2cc3c4cc5ccc(-c6ccccc6)cc5cc4n(C)c3c[n+]2C)c(C)c1. The Balaban J connectivity index is 0.000000109. The van der Waals surface area contributed by atoms with Gasteiger partial charge < -0.3 is 18.3 Å². The summed E-state index contributed by atoms with van der Waals surface area (Å²) in [7, 11) is 17.0. The largest absolute Gasteiger partial charge is 0.339 e. The summed E-state index contributed by atoms with van der Waals surface area (Å²) >= 11 is 0. The second-order valence-corrected chi connectivity index (χ2v) is 33.2. The fourth-order valence-electron chi connectivity index (χ4n) is 18.7. The molecule has 584 valence electrons. The Kier molecular flexibility index (Phi) is 18.1. The molecule has 0 saturated heterocycles. The van der Waals surface area contributed by atoms with Gasteiger partial charge in [-0.3, -0.25) is 0 Å². The highest BCUT2D eigenvalue weighted by atomic mass is 15.0. The molecule has 8 nitrogen and oxygen atoms in total. The lowest BCUT2D eigenvalue weighted by molar-refractivity contribution is -0.659. The predicted molar refractivity (Wildman–Crippen MR) is 507 cm³/mol. The monoisotopic (exact) mass is 1560 g/mol. The van der Waals surface area contributed by atoms with Crippen molar-refractivity contribution in [3.05, 3.63) is 361 Å². The van der Waals surface area contributed by atoms with Crippen molar-refractivity contribution in [3.8, 4) is 67.3 Å². The third-order valence-corrected chi connectivity index (χ3v) is 25.4. The van der Waals surface area contributed by atoms with Gasteiger partial charge in [-0.2, -0.15) is 18.3 Å². The van der Waals surface area contributed by atoms with Gasteiger partial charge in [0.25, 0.3) is 0 Å². The Labute approximate surface area is 707 Å². The topological polar surface area (TPSA) is 35.2 Å². The molecule has 0 atom stereocenters. The maximum Gasteiger partial charge on any atom is 0.213 e. The summed E-state index contributed by atoms with van der Waals surface area (Å²) in [6, 6.07) is 108. The molecule has 0 radical (unpaired) electrons. The molecule has 0 bridgehead atoms. The molecule has 8 heterocycles. The maximum absolute atomic E-state index is 8.38. The van der Waals surface area contributed by atoms with E-state index < -0.39 is 12.7 Å². The van der Waals surface area contributed by atoms with Crippen LogP contribution in [-0.2, 0) is 56.4 Å². The lowest BCUT2D eigenvalue weighted by atomic mass is 9.98. The highest BCUT2D eigenvalue weighted by Gasteiger charge is 2.25. The number of rotatable bonds is 7. The van der Waals surface area contributed by atoms with Crippen molar-refractivity contribution in [3.63, 3.8) is 0 Å². The molecule has 0 unspecified atom stereocenters. The van der Waals surface area contributed by atoms with Gasteiger partial charge in [0.05, 0.1) is 5.52 Å². The van der Waals surface area contributed by atoms with E-state index in [1.54, 1.807) is 12.1 Å². The molecule has 22 aromatic rings. The summed E-state index contributed by atoms with van der Waals surface area (Å²) in [6.45, 7) is 10.3. The van der Waals surface area contributed by atoms with E-state index in [4.69, 9.17) is 5.48 Å². The van der Waals surface area contributed by atoms with Gasteiger partial charge in [0.15, 0.2) is 24.8 Å². The second kappa shape index (κ2) is 30.4. The molecule has 120 heavy (non-hydrogen) atoms. The molecule has 0 saturated carbocycles. The van der Waals surface area contributed by atoms with Crippen molar-refractivity contribution in [1.82, 2.24) is 18.3 Å². The van der Waals surface area contributed by atoms with E-state index in [0.717, 1.165) is 27.9 Å². The van der Waals surface area contributed by atoms with Gasteiger partial charge in [0.2, 0.25) is 22.8 Å². The highest BCUT2D eigenvalue weighted by molar-refractivity contribution is 6.19. The first-order chi connectivity index (χ1) is 59.7. The van der Waals surface area contributed by atoms with Gasteiger partial charge in [-0.05, 0) is 201 Å². The summed E-state index contributed by atoms with van der Waals surface area (Å²) in [5, 5.41) is 20.2. The number of fused-ring (bicyclic) bond motifs is 17. The van der Waals surface area contributed by atoms with Crippen LogP contribution >= 0.6 is 0 Å². The number of pyridine rings is 4. The van der Waals surface area contributed by atoms with Crippen molar-refractivity contribution >= 4 is 130 Å². The smallest absolute Gasteiger partial charge is 0.213 e. The Morgan fingerprint density at radius 1 is 0.258 bits per heavy atom. The number of aromatic nitrogens is 8. The quantitative estimate of drug-likeness (QED) is 0.143. The molecular weight excluding hydrogens is 1460 g/mol. The van der Waals surface area contributed by atoms with Crippen molar-refractivity contribution in [2.24, 2.45) is 56.4 Å². The normalized spacial score (nSPS) is 12.4. The average Bonchev–Trinajstić information content (AvgIpc) is 1.58. The van der Waals surface area contributed by atoms with Crippen LogP contribution in [0.4, 0.5) is 0 Å². The first-order valence-corrected chi connectivity index (χ1v) is 41.5. The Bertz CT molecular complexity index is 8090. The van der Waals surface area contributed by atoms with Crippen LogP contribution in [0.5, 0.6) is 0 Å². The average molecular weight is 1560 g/mol. The van der Waals surface area contributed by atoms with E-state index in [-0.39, 0.29) is 0 Å². The van der Waals surface area contributed by atoms with Gasteiger partial charge in [-0.15, -0.1) is 0 Å². The number of benzene rings is 14. The highest BCUT2D eigenvalue weighted by Crippen LogP contribution is 2.41. The van der Waals surface area contributed by atoms with Crippen LogP contribution in [0.3, 0.4) is 0 Å². The molecule has 0 amide bonds. The van der Waals surface area contributed by atoms with Crippen LogP contribution < -0.4 is 18.3 Å². The zero-order chi connectivity index (χ0) is 86.1. The van der Waals surface area contributed by atoms with Gasteiger partial charge in [-0.1, -0.05) is 226 Å². The zero-order valence-electron chi connectivity index (χ0n) is 74.8. The fourth-order valence-corrected chi connectivity index (χ4v) is 18.7. The van der Waals surface area contributed by atoms with Crippen LogP contribution in [0.1, 0.15) is 58.6 Å². The summed E-state index contributed by atoms with van der Waals surface area (Å²) in [5.41, 5.74) is 30.7. The summed E-state index contributed by atoms with van der Waals surface area (Å²) in [6.07, 6.45) is 8.92. The van der Waals surface area contributed by atoms with Crippen LogP contribution in [0.15, 0.2) is 328 Å². The van der Waals surface area contributed by atoms with E-state index in [2.05, 4.69) is 410 Å². The fraction of sp³-hybridized carbons (Fsp3) is 0.143. The Hall–Kier alpha value is -14.1. The van der Waals surface area contributed by atoms with Crippen molar-refractivity contribution < 1.29 is 23.8 Å². The van der Waals surface area contributed by atoms with E-state index >= 15 is 0 Å². The van der Waals surface area contributed by atoms with Gasteiger partial charge in [0, 0.05) is 145 Å². The number of hydrogen-bond acceptors (Lipinski definition) is 0. The van der Waals surface area contributed by atoms with Gasteiger partial charge >= 0.3 is 0 Å². The minimum absolute atomic E-state index is 0.374. The maximum atomic E-state index is 8.38. The van der Waals surface area contributed by atoms with Gasteiger partial charge in [0.1, 0.15) is 50.3 Å². The van der Waals surface area contributed by atoms with Crippen LogP contribution in [-0.4, -0.2) is 18.3 Å².